The second-order valence-corrected chi connectivity index (χ2v) is 6.36. The zero-order valence-electron chi connectivity index (χ0n) is 14.0. The molecule has 0 spiro atoms. The summed E-state index contributed by atoms with van der Waals surface area (Å²) in [5.41, 5.74) is 1.91. The fourth-order valence-electron chi connectivity index (χ4n) is 3.40. The number of piperidine rings is 1. The van der Waals surface area contributed by atoms with Crippen molar-refractivity contribution in [1.29, 1.82) is 0 Å². The fourth-order valence-corrected chi connectivity index (χ4v) is 3.40. The lowest BCUT2D eigenvalue weighted by Crippen LogP contribution is -2.40. The van der Waals surface area contributed by atoms with E-state index in [1.807, 2.05) is 6.20 Å². The van der Waals surface area contributed by atoms with Crippen LogP contribution in [-0.4, -0.2) is 24.6 Å². The average Bonchev–Trinajstić information content (AvgIpc) is 2.56. The third-order valence-electron chi connectivity index (χ3n) is 5.23. The lowest BCUT2D eigenvalue weighted by molar-refractivity contribution is 0.199. The SMILES string of the molecule is CCCNCc1cccnc1N1CCC(CC)(CC)CC1. The Bertz CT molecular complexity index is 416. The number of pyridine rings is 1. The predicted molar refractivity (Wildman–Crippen MR) is 90.7 cm³/mol. The molecule has 0 radical (unpaired) electrons. The molecule has 1 fully saturated rings. The van der Waals surface area contributed by atoms with Crippen LogP contribution in [0.5, 0.6) is 0 Å². The molecule has 0 aliphatic carbocycles. The highest BCUT2D eigenvalue weighted by Crippen LogP contribution is 2.39. The molecule has 1 aromatic heterocycles. The third-order valence-corrected chi connectivity index (χ3v) is 5.23. The van der Waals surface area contributed by atoms with Crippen molar-refractivity contribution in [2.75, 3.05) is 24.5 Å². The topological polar surface area (TPSA) is 28.2 Å². The van der Waals surface area contributed by atoms with Gasteiger partial charge in [-0.3, -0.25) is 0 Å². The first kappa shape index (κ1) is 16.3. The van der Waals surface area contributed by atoms with Crippen LogP contribution in [0.2, 0.25) is 0 Å². The van der Waals surface area contributed by atoms with Crippen LogP contribution in [0.1, 0.15) is 58.4 Å². The monoisotopic (exact) mass is 289 g/mol. The van der Waals surface area contributed by atoms with E-state index in [4.69, 9.17) is 0 Å². The maximum atomic E-state index is 4.67. The zero-order chi connectivity index (χ0) is 15.1. The molecule has 0 amide bonds. The van der Waals surface area contributed by atoms with E-state index in [0.717, 1.165) is 26.2 Å². The standard InChI is InChI=1S/C18H31N3/c1-4-11-19-15-16-8-7-12-20-17(16)21-13-9-18(5-2,6-3)10-14-21/h7-8,12,19H,4-6,9-11,13-15H2,1-3H3. The van der Waals surface area contributed by atoms with Gasteiger partial charge in [-0.15, -0.1) is 0 Å². The highest BCUT2D eigenvalue weighted by Gasteiger charge is 2.32. The first-order chi connectivity index (χ1) is 10.2. The van der Waals surface area contributed by atoms with Crippen LogP contribution in [0.4, 0.5) is 5.82 Å². The van der Waals surface area contributed by atoms with Crippen molar-refractivity contribution in [3.05, 3.63) is 23.9 Å². The van der Waals surface area contributed by atoms with Gasteiger partial charge in [0.05, 0.1) is 0 Å². The summed E-state index contributed by atoms with van der Waals surface area (Å²) in [5, 5.41) is 3.50. The number of anilines is 1. The molecule has 0 bridgehead atoms. The lowest BCUT2D eigenvalue weighted by Gasteiger charge is -2.42. The number of hydrogen-bond donors (Lipinski definition) is 1. The Balaban J connectivity index is 2.02. The van der Waals surface area contributed by atoms with Gasteiger partial charge in [0, 0.05) is 31.4 Å². The van der Waals surface area contributed by atoms with E-state index in [2.05, 4.69) is 48.1 Å². The Morgan fingerprint density at radius 2 is 1.90 bits per heavy atom. The highest BCUT2D eigenvalue weighted by molar-refractivity contribution is 5.47. The van der Waals surface area contributed by atoms with Crippen LogP contribution in [0, 0.1) is 5.41 Å². The number of hydrogen-bond acceptors (Lipinski definition) is 3. The van der Waals surface area contributed by atoms with Crippen LogP contribution in [0.25, 0.3) is 0 Å². The Labute approximate surface area is 130 Å². The molecule has 1 N–H and O–H groups in total. The molecular formula is C18H31N3. The van der Waals surface area contributed by atoms with E-state index in [1.54, 1.807) is 0 Å². The van der Waals surface area contributed by atoms with E-state index >= 15 is 0 Å². The number of nitrogens with one attached hydrogen (secondary N) is 1. The molecular weight excluding hydrogens is 258 g/mol. The second-order valence-electron chi connectivity index (χ2n) is 6.36. The van der Waals surface area contributed by atoms with E-state index in [-0.39, 0.29) is 0 Å². The normalized spacial score (nSPS) is 18.0. The van der Waals surface area contributed by atoms with Gasteiger partial charge in [0.15, 0.2) is 0 Å². The average molecular weight is 289 g/mol. The summed E-state index contributed by atoms with van der Waals surface area (Å²) in [5.74, 6) is 1.20. The van der Waals surface area contributed by atoms with Gasteiger partial charge in [-0.1, -0.05) is 39.7 Å². The van der Waals surface area contributed by atoms with Gasteiger partial charge in [0.25, 0.3) is 0 Å². The van der Waals surface area contributed by atoms with Crippen molar-refractivity contribution in [2.24, 2.45) is 5.41 Å². The zero-order valence-corrected chi connectivity index (χ0v) is 14.0. The minimum absolute atomic E-state index is 0.575. The molecule has 0 aromatic carbocycles. The van der Waals surface area contributed by atoms with Crippen LogP contribution in [0.3, 0.4) is 0 Å². The summed E-state index contributed by atoms with van der Waals surface area (Å²) in [7, 11) is 0. The molecule has 3 nitrogen and oxygen atoms in total. The summed E-state index contributed by atoms with van der Waals surface area (Å²) in [6, 6.07) is 4.27. The maximum Gasteiger partial charge on any atom is 0.133 e. The smallest absolute Gasteiger partial charge is 0.133 e. The van der Waals surface area contributed by atoms with E-state index in [9.17, 15) is 0 Å². The molecule has 2 heterocycles. The van der Waals surface area contributed by atoms with Crippen molar-refractivity contribution in [3.8, 4) is 0 Å². The molecule has 118 valence electrons. The molecule has 1 aliphatic rings. The first-order valence-electron chi connectivity index (χ1n) is 8.64. The molecule has 1 saturated heterocycles. The highest BCUT2D eigenvalue weighted by atomic mass is 15.2. The van der Waals surface area contributed by atoms with Gasteiger partial charge < -0.3 is 10.2 Å². The van der Waals surface area contributed by atoms with Gasteiger partial charge in [0.2, 0.25) is 0 Å². The quantitative estimate of drug-likeness (QED) is 0.769. The molecule has 0 atom stereocenters. The second kappa shape index (κ2) is 7.79. The van der Waals surface area contributed by atoms with Crippen molar-refractivity contribution in [3.63, 3.8) is 0 Å². The van der Waals surface area contributed by atoms with Crippen LogP contribution in [-0.2, 0) is 6.54 Å². The van der Waals surface area contributed by atoms with Gasteiger partial charge in [-0.25, -0.2) is 4.98 Å². The van der Waals surface area contributed by atoms with Gasteiger partial charge in [-0.2, -0.15) is 0 Å². The summed E-state index contributed by atoms with van der Waals surface area (Å²) in [4.78, 5) is 7.16. The molecule has 3 heteroatoms. The van der Waals surface area contributed by atoms with Crippen LogP contribution >= 0.6 is 0 Å². The Hall–Kier alpha value is -1.09. The fraction of sp³-hybridized carbons (Fsp3) is 0.722. The largest absolute Gasteiger partial charge is 0.356 e. The van der Waals surface area contributed by atoms with Crippen molar-refractivity contribution in [1.82, 2.24) is 10.3 Å². The Kier molecular flexibility index (Phi) is 6.04. The predicted octanol–water partition coefficient (Wildman–Crippen LogP) is 3.99. The van der Waals surface area contributed by atoms with E-state index in [1.165, 1.54) is 43.5 Å². The van der Waals surface area contributed by atoms with Crippen molar-refractivity contribution >= 4 is 5.82 Å². The molecule has 1 aromatic rings. The van der Waals surface area contributed by atoms with Crippen molar-refractivity contribution < 1.29 is 0 Å². The number of aromatic nitrogens is 1. The number of nitrogens with zero attached hydrogens (tertiary/aromatic N) is 2. The van der Waals surface area contributed by atoms with Gasteiger partial charge in [0.1, 0.15) is 5.82 Å². The molecule has 1 aliphatic heterocycles. The molecule has 0 unspecified atom stereocenters. The summed E-state index contributed by atoms with van der Waals surface area (Å²) < 4.78 is 0. The summed E-state index contributed by atoms with van der Waals surface area (Å²) >= 11 is 0. The van der Waals surface area contributed by atoms with Crippen LogP contribution in [0.15, 0.2) is 18.3 Å². The minimum Gasteiger partial charge on any atom is -0.356 e. The summed E-state index contributed by atoms with van der Waals surface area (Å²) in [6.45, 7) is 11.2. The van der Waals surface area contributed by atoms with Crippen molar-refractivity contribution in [2.45, 2.75) is 59.4 Å². The van der Waals surface area contributed by atoms with E-state index in [0.29, 0.717) is 5.41 Å². The molecule has 0 saturated carbocycles. The molecule has 21 heavy (non-hydrogen) atoms. The number of rotatable bonds is 7. The van der Waals surface area contributed by atoms with Gasteiger partial charge >= 0.3 is 0 Å². The first-order valence-corrected chi connectivity index (χ1v) is 8.64. The Morgan fingerprint density at radius 1 is 1.19 bits per heavy atom. The van der Waals surface area contributed by atoms with Crippen LogP contribution < -0.4 is 10.2 Å². The third kappa shape index (κ3) is 3.97. The minimum atomic E-state index is 0.575. The van der Waals surface area contributed by atoms with Gasteiger partial charge in [-0.05, 0) is 37.3 Å². The lowest BCUT2D eigenvalue weighted by atomic mass is 9.74. The van der Waals surface area contributed by atoms with E-state index < -0.39 is 0 Å². The Morgan fingerprint density at radius 3 is 2.52 bits per heavy atom. The summed E-state index contributed by atoms with van der Waals surface area (Å²) in [6.07, 6.45) is 8.33. The molecule has 2 rings (SSSR count). The maximum absolute atomic E-state index is 4.67.